The Kier molecular flexibility index (Phi) is 1.33. The predicted octanol–water partition coefficient (Wildman–Crippen LogP) is 0.357. The summed E-state index contributed by atoms with van der Waals surface area (Å²) in [6.07, 6.45) is 3.22. The second-order valence-electron chi connectivity index (χ2n) is 4.28. The van der Waals surface area contributed by atoms with Gasteiger partial charge in [0.25, 0.3) is 0 Å². The zero-order valence-corrected chi connectivity index (χ0v) is 6.85. The molecule has 4 heteroatoms. The molecule has 0 aromatic heterocycles. The molecule has 0 spiro atoms. The van der Waals surface area contributed by atoms with E-state index in [1.807, 2.05) is 0 Å². The van der Waals surface area contributed by atoms with Crippen molar-refractivity contribution in [3.63, 3.8) is 0 Å². The first-order chi connectivity index (χ1) is 5.75. The Labute approximate surface area is 71.3 Å². The fourth-order valence-corrected chi connectivity index (χ4v) is 3.07. The van der Waals surface area contributed by atoms with Crippen LogP contribution in [0.25, 0.3) is 0 Å². The molecule has 0 atom stereocenters. The van der Waals surface area contributed by atoms with Gasteiger partial charge in [-0.1, -0.05) is 0 Å². The first-order valence-electron chi connectivity index (χ1n) is 4.66. The zero-order valence-electron chi connectivity index (χ0n) is 6.85. The molecule has 0 saturated carbocycles. The quantitative estimate of drug-likeness (QED) is 0.524. The highest BCUT2D eigenvalue weighted by atomic mass is 16.5. The Morgan fingerprint density at radius 3 is 1.17 bits per heavy atom. The van der Waals surface area contributed by atoms with Crippen LogP contribution >= 0.6 is 0 Å². The van der Waals surface area contributed by atoms with Gasteiger partial charge in [-0.05, 0) is 25.7 Å². The minimum absolute atomic E-state index is 0.165. The second kappa shape index (κ2) is 2.20. The Balaban J connectivity index is 1.91. The van der Waals surface area contributed by atoms with Crippen LogP contribution in [0.5, 0.6) is 0 Å². The van der Waals surface area contributed by atoms with Crippen LogP contribution in [0.2, 0.25) is 0 Å². The SMILES string of the molecule is [O]N1C2CC3CC1CC(C2)N3[O]. The lowest BCUT2D eigenvalue weighted by atomic mass is 9.75. The van der Waals surface area contributed by atoms with Gasteiger partial charge in [0.1, 0.15) is 0 Å². The third-order valence-electron chi connectivity index (χ3n) is 3.62. The Morgan fingerprint density at radius 1 is 0.667 bits per heavy atom. The molecular formula is C8H12N2O2. The minimum Gasteiger partial charge on any atom is -0.149 e. The van der Waals surface area contributed by atoms with Crippen LogP contribution in [0.15, 0.2) is 0 Å². The largest absolute Gasteiger partial charge is 0.149 e. The number of piperidine rings is 4. The number of hydrogen-bond donors (Lipinski definition) is 0. The zero-order chi connectivity index (χ0) is 8.29. The van der Waals surface area contributed by atoms with Crippen molar-refractivity contribution in [2.45, 2.75) is 49.9 Å². The van der Waals surface area contributed by atoms with Gasteiger partial charge >= 0.3 is 0 Å². The molecule has 4 saturated heterocycles. The fraction of sp³-hybridized carbons (Fsp3) is 1.00. The van der Waals surface area contributed by atoms with E-state index in [1.54, 1.807) is 0 Å². The van der Waals surface area contributed by atoms with Crippen molar-refractivity contribution >= 4 is 0 Å². The number of hydrogen-bond acceptors (Lipinski definition) is 2. The van der Waals surface area contributed by atoms with E-state index in [4.69, 9.17) is 0 Å². The average molecular weight is 168 g/mol. The topological polar surface area (TPSA) is 46.3 Å². The van der Waals surface area contributed by atoms with Crippen LogP contribution in [0.1, 0.15) is 25.7 Å². The molecule has 12 heavy (non-hydrogen) atoms. The standard InChI is InChI=1S/C8H12N2O2/c11-9-5-1-6-3-8(9)4-7(2-5)10(6)12/h5-8H,1-4H2. The van der Waals surface area contributed by atoms with Crippen LogP contribution in [-0.4, -0.2) is 34.3 Å². The van der Waals surface area contributed by atoms with Crippen LogP contribution in [0.4, 0.5) is 0 Å². The van der Waals surface area contributed by atoms with Crippen molar-refractivity contribution in [3.8, 4) is 0 Å². The first kappa shape index (κ1) is 7.26. The van der Waals surface area contributed by atoms with Gasteiger partial charge in [0.15, 0.2) is 0 Å². The number of hydroxylamine groups is 4. The van der Waals surface area contributed by atoms with E-state index in [-0.39, 0.29) is 24.2 Å². The van der Waals surface area contributed by atoms with Gasteiger partial charge in [-0.2, -0.15) is 0 Å². The first-order valence-corrected chi connectivity index (χ1v) is 4.66. The Bertz CT molecular complexity index is 161. The summed E-state index contributed by atoms with van der Waals surface area (Å²) in [5.74, 6) is 0. The highest BCUT2D eigenvalue weighted by Crippen LogP contribution is 2.42. The van der Waals surface area contributed by atoms with E-state index in [1.165, 1.54) is 10.1 Å². The summed E-state index contributed by atoms with van der Waals surface area (Å²) in [6.45, 7) is 0. The molecule has 2 radical (unpaired) electrons. The summed E-state index contributed by atoms with van der Waals surface area (Å²) in [5.41, 5.74) is 0. The normalized spacial score (nSPS) is 53.5. The predicted molar refractivity (Wildman–Crippen MR) is 38.7 cm³/mol. The van der Waals surface area contributed by atoms with Crippen molar-refractivity contribution in [2.24, 2.45) is 0 Å². The van der Waals surface area contributed by atoms with Gasteiger partial charge in [-0.25, -0.2) is 0 Å². The lowest BCUT2D eigenvalue weighted by Crippen LogP contribution is -2.66. The molecule has 4 bridgehead atoms. The smallest absolute Gasteiger partial charge is 0.0418 e. The lowest BCUT2D eigenvalue weighted by molar-refractivity contribution is -0.338. The molecule has 4 heterocycles. The monoisotopic (exact) mass is 168 g/mol. The highest BCUT2D eigenvalue weighted by molar-refractivity contribution is 5.02. The maximum Gasteiger partial charge on any atom is 0.0418 e. The summed E-state index contributed by atoms with van der Waals surface area (Å²) in [4.78, 5) is 0. The van der Waals surface area contributed by atoms with Crippen LogP contribution in [0, 0.1) is 0 Å². The van der Waals surface area contributed by atoms with E-state index in [0.717, 1.165) is 25.7 Å². The lowest BCUT2D eigenvalue weighted by Gasteiger charge is -2.55. The summed E-state index contributed by atoms with van der Waals surface area (Å²) >= 11 is 0. The summed E-state index contributed by atoms with van der Waals surface area (Å²) in [6, 6.07) is 0.658. The number of rotatable bonds is 0. The molecular weight excluding hydrogens is 156 g/mol. The van der Waals surface area contributed by atoms with Crippen molar-refractivity contribution in [3.05, 3.63) is 0 Å². The molecule has 0 amide bonds. The maximum atomic E-state index is 11.5. The van der Waals surface area contributed by atoms with Crippen molar-refractivity contribution in [1.82, 2.24) is 10.1 Å². The van der Waals surface area contributed by atoms with Gasteiger partial charge in [-0.3, -0.25) is 0 Å². The molecule has 4 nitrogen and oxygen atoms in total. The molecule has 0 N–H and O–H groups in total. The average Bonchev–Trinajstić information content (AvgIpc) is 2.02. The molecule has 4 rings (SSSR count). The maximum absolute atomic E-state index is 11.5. The van der Waals surface area contributed by atoms with Crippen LogP contribution < -0.4 is 0 Å². The van der Waals surface area contributed by atoms with Crippen LogP contribution in [-0.2, 0) is 10.4 Å². The molecule has 4 aliphatic heterocycles. The van der Waals surface area contributed by atoms with E-state index in [9.17, 15) is 10.4 Å². The minimum atomic E-state index is 0.165. The summed E-state index contributed by atoms with van der Waals surface area (Å²) in [7, 11) is 0. The van der Waals surface area contributed by atoms with E-state index < -0.39 is 0 Å². The van der Waals surface area contributed by atoms with Gasteiger partial charge in [-0.15, -0.1) is 20.5 Å². The molecule has 4 fully saturated rings. The molecule has 4 aliphatic rings. The molecule has 0 aliphatic carbocycles. The van der Waals surface area contributed by atoms with Crippen molar-refractivity contribution in [1.29, 1.82) is 0 Å². The van der Waals surface area contributed by atoms with Crippen molar-refractivity contribution < 1.29 is 10.4 Å². The Morgan fingerprint density at radius 2 is 0.917 bits per heavy atom. The summed E-state index contributed by atoms with van der Waals surface area (Å²) in [5, 5.41) is 25.5. The summed E-state index contributed by atoms with van der Waals surface area (Å²) < 4.78 is 0. The number of nitrogens with zero attached hydrogens (tertiary/aromatic N) is 2. The molecule has 66 valence electrons. The van der Waals surface area contributed by atoms with E-state index in [2.05, 4.69) is 0 Å². The van der Waals surface area contributed by atoms with Gasteiger partial charge in [0.2, 0.25) is 0 Å². The van der Waals surface area contributed by atoms with Crippen molar-refractivity contribution in [2.75, 3.05) is 0 Å². The van der Waals surface area contributed by atoms with Gasteiger partial charge < -0.3 is 0 Å². The van der Waals surface area contributed by atoms with Crippen LogP contribution in [0.3, 0.4) is 0 Å². The van der Waals surface area contributed by atoms with Gasteiger partial charge in [0, 0.05) is 24.2 Å². The third kappa shape index (κ3) is 0.758. The molecule has 0 aromatic rings. The van der Waals surface area contributed by atoms with E-state index in [0.29, 0.717) is 0 Å². The second-order valence-corrected chi connectivity index (χ2v) is 4.28. The van der Waals surface area contributed by atoms with E-state index >= 15 is 0 Å². The molecule has 0 unspecified atom stereocenters. The van der Waals surface area contributed by atoms with Gasteiger partial charge in [0.05, 0.1) is 0 Å². The highest BCUT2D eigenvalue weighted by Gasteiger charge is 2.51. The Hall–Kier alpha value is -0.160. The fourth-order valence-electron chi connectivity index (χ4n) is 3.07. The third-order valence-corrected chi connectivity index (χ3v) is 3.62. The molecule has 0 aromatic carbocycles.